The molecule has 2 saturated carbocycles. The Morgan fingerprint density at radius 1 is 1.30 bits per heavy atom. The maximum absolute atomic E-state index is 13.5. The highest BCUT2D eigenvalue weighted by atomic mass is 16.5. The van der Waals surface area contributed by atoms with Crippen molar-refractivity contribution >= 4 is 5.91 Å². The first-order valence-corrected chi connectivity index (χ1v) is 12.5. The van der Waals surface area contributed by atoms with Crippen molar-refractivity contribution in [2.24, 2.45) is 5.92 Å². The Bertz CT molecular complexity index is 1130. The van der Waals surface area contributed by atoms with Crippen LogP contribution in [0.4, 0.5) is 0 Å². The largest absolute Gasteiger partial charge is 0.504 e. The van der Waals surface area contributed by atoms with Crippen molar-refractivity contribution in [3.63, 3.8) is 0 Å². The maximum Gasteiger partial charge on any atom is 0.250 e. The van der Waals surface area contributed by atoms with Crippen molar-refractivity contribution in [3.8, 4) is 11.5 Å². The lowest BCUT2D eigenvalue weighted by Gasteiger charge is -2.77. The zero-order valence-corrected chi connectivity index (χ0v) is 19.2. The van der Waals surface area contributed by atoms with Gasteiger partial charge in [0, 0.05) is 42.7 Å². The second kappa shape index (κ2) is 6.42. The zero-order chi connectivity index (χ0) is 22.7. The molecule has 3 fully saturated rings. The topological polar surface area (TPSA) is 73.2 Å². The van der Waals surface area contributed by atoms with Crippen LogP contribution in [0, 0.1) is 12.8 Å². The lowest BCUT2D eigenvalue weighted by Crippen LogP contribution is -2.92. The van der Waals surface area contributed by atoms with Crippen LogP contribution in [0.15, 0.2) is 35.9 Å². The molecule has 1 aromatic rings. The van der Waals surface area contributed by atoms with E-state index in [1.165, 1.54) is 5.57 Å². The van der Waals surface area contributed by atoms with Crippen molar-refractivity contribution in [2.75, 3.05) is 19.6 Å². The van der Waals surface area contributed by atoms with Gasteiger partial charge in [0.1, 0.15) is 6.10 Å². The third kappa shape index (κ3) is 2.12. The number of hydrogen-bond acceptors (Lipinski definition) is 5. The molecule has 1 spiro atoms. The van der Waals surface area contributed by atoms with Crippen LogP contribution in [0.3, 0.4) is 0 Å². The van der Waals surface area contributed by atoms with Crippen LogP contribution in [-0.4, -0.2) is 69.3 Å². The number of aliphatic hydroxyl groups is 1. The molecular weight excluding hydrogens is 416 g/mol. The first-order chi connectivity index (χ1) is 15.9. The van der Waals surface area contributed by atoms with Gasteiger partial charge in [-0.3, -0.25) is 9.69 Å². The van der Waals surface area contributed by atoms with E-state index in [0.29, 0.717) is 25.1 Å². The first-order valence-electron chi connectivity index (χ1n) is 12.5. The van der Waals surface area contributed by atoms with Gasteiger partial charge in [0.15, 0.2) is 11.5 Å². The summed E-state index contributed by atoms with van der Waals surface area (Å²) in [5.74, 6) is 1.08. The summed E-state index contributed by atoms with van der Waals surface area (Å²) in [5.41, 5.74) is 2.85. The molecule has 6 aliphatic rings. The van der Waals surface area contributed by atoms with Crippen molar-refractivity contribution in [1.29, 1.82) is 0 Å². The van der Waals surface area contributed by atoms with Crippen LogP contribution in [0.2, 0.25) is 0 Å². The number of carbonyl (C=O) groups excluding carboxylic acids is 1. The molecule has 3 heterocycles. The highest BCUT2D eigenvalue weighted by Gasteiger charge is 2.85. The van der Waals surface area contributed by atoms with Crippen LogP contribution in [-0.2, 0) is 10.2 Å². The average molecular weight is 449 g/mol. The van der Waals surface area contributed by atoms with E-state index in [2.05, 4.69) is 18.4 Å². The second-order valence-corrected chi connectivity index (χ2v) is 11.1. The van der Waals surface area contributed by atoms with Gasteiger partial charge in [-0.15, -0.1) is 6.58 Å². The van der Waals surface area contributed by atoms with Gasteiger partial charge in [0.2, 0.25) is 5.91 Å². The molecule has 1 amide bonds. The minimum Gasteiger partial charge on any atom is -0.504 e. The number of benzene rings is 1. The Labute approximate surface area is 194 Å². The first kappa shape index (κ1) is 20.1. The lowest BCUT2D eigenvalue weighted by atomic mass is 9.35. The van der Waals surface area contributed by atoms with E-state index in [-0.39, 0.29) is 35.8 Å². The van der Waals surface area contributed by atoms with E-state index in [1.54, 1.807) is 6.07 Å². The van der Waals surface area contributed by atoms with E-state index in [1.807, 2.05) is 17.0 Å². The number of rotatable bonds is 3. The summed E-state index contributed by atoms with van der Waals surface area (Å²) in [6.07, 6.45) is 7.08. The van der Waals surface area contributed by atoms with Gasteiger partial charge in [0.05, 0.1) is 17.1 Å². The normalized spacial score (nSPS) is 40.7. The van der Waals surface area contributed by atoms with Crippen molar-refractivity contribution in [1.82, 2.24) is 9.80 Å². The number of hydrogen-bond donors (Lipinski definition) is 2. The summed E-state index contributed by atoms with van der Waals surface area (Å²) in [7, 11) is 0. The second-order valence-electron chi connectivity index (χ2n) is 11.1. The highest BCUT2D eigenvalue weighted by molar-refractivity contribution is 5.97. The Hall–Kier alpha value is -2.31. The van der Waals surface area contributed by atoms with Crippen LogP contribution >= 0.6 is 0 Å². The molecule has 7 rings (SSSR count). The third-order valence-electron chi connectivity index (χ3n) is 9.85. The molecule has 6 nitrogen and oxygen atoms in total. The minimum absolute atomic E-state index is 0.0795. The van der Waals surface area contributed by atoms with E-state index >= 15 is 0 Å². The molecule has 1 unspecified atom stereocenters. The number of phenolic OH excluding ortho intramolecular Hbond substituents is 1. The van der Waals surface area contributed by atoms with Crippen LogP contribution < -0.4 is 4.74 Å². The molecule has 0 bridgehead atoms. The molecule has 0 aromatic heterocycles. The molecule has 6 atom stereocenters. The van der Waals surface area contributed by atoms with Crippen molar-refractivity contribution in [2.45, 2.75) is 74.7 Å². The zero-order valence-electron chi connectivity index (χ0n) is 19.2. The Kier molecular flexibility index (Phi) is 3.91. The van der Waals surface area contributed by atoms with Gasteiger partial charge < -0.3 is 19.8 Å². The lowest BCUT2D eigenvalue weighted by molar-refractivity contribution is -0.319. The number of aromatic hydroxyl groups is 1. The van der Waals surface area contributed by atoms with Gasteiger partial charge >= 0.3 is 0 Å². The van der Waals surface area contributed by atoms with Gasteiger partial charge in [-0.1, -0.05) is 12.1 Å². The molecule has 2 N–H and O–H groups in total. The monoisotopic (exact) mass is 448 g/mol. The number of amides is 1. The molecule has 33 heavy (non-hydrogen) atoms. The van der Waals surface area contributed by atoms with E-state index in [0.717, 1.165) is 55.5 Å². The number of likely N-dealkylation sites (tertiary alicyclic amines) is 1. The number of fused-ring (bicyclic) bond motifs is 3. The standard InChI is InChI=1S/C27H32N2O4/c1-3-12-28-14-18-23(28)26(32)11-10-19(29-13-16-6-4-5-7-17(16)25(29)31)24-27(18,26)21-15(2)8-9-20(30)22(21)33-24/h3,8-9,18-19,23-24,30,32H,1,4-7,10-14H2,2H3/t18?,19-,23+,24-,26+,27-/m0/s1. The van der Waals surface area contributed by atoms with Gasteiger partial charge in [-0.2, -0.15) is 0 Å². The number of carbonyl (C=O) groups is 1. The van der Waals surface area contributed by atoms with E-state index in [9.17, 15) is 15.0 Å². The summed E-state index contributed by atoms with van der Waals surface area (Å²) >= 11 is 0. The van der Waals surface area contributed by atoms with E-state index < -0.39 is 11.0 Å². The number of ether oxygens (including phenoxy) is 1. The van der Waals surface area contributed by atoms with Crippen molar-refractivity contribution in [3.05, 3.63) is 47.1 Å². The number of aryl methyl sites for hydroxylation is 1. The Morgan fingerprint density at radius 3 is 2.91 bits per heavy atom. The van der Waals surface area contributed by atoms with Gasteiger partial charge in [-0.05, 0) is 62.7 Å². The third-order valence-corrected chi connectivity index (χ3v) is 9.85. The van der Waals surface area contributed by atoms with E-state index in [4.69, 9.17) is 4.74 Å². The summed E-state index contributed by atoms with van der Waals surface area (Å²) in [6, 6.07) is 3.62. The number of piperidine rings is 1. The fraction of sp³-hybridized carbons (Fsp3) is 0.593. The van der Waals surface area contributed by atoms with Gasteiger partial charge in [-0.25, -0.2) is 0 Å². The predicted molar refractivity (Wildman–Crippen MR) is 123 cm³/mol. The fourth-order valence-corrected chi connectivity index (χ4v) is 8.65. The molecule has 6 heteroatoms. The quantitative estimate of drug-likeness (QED) is 0.696. The molecule has 174 valence electrons. The maximum atomic E-state index is 13.5. The summed E-state index contributed by atoms with van der Waals surface area (Å²) in [6.45, 7) is 8.29. The summed E-state index contributed by atoms with van der Waals surface area (Å²) < 4.78 is 6.63. The SMILES string of the molecule is C=CCN1CC2[C@@H]1[C@]1(O)CC[C@H](N3CC4=C(CCCC4)C3=O)[C@@H]3Oc4c(O)ccc(C)c4[C@@]231. The average Bonchev–Trinajstić information content (AvgIpc) is 3.32. The van der Waals surface area contributed by atoms with Crippen LogP contribution in [0.25, 0.3) is 0 Å². The smallest absolute Gasteiger partial charge is 0.250 e. The number of phenols is 1. The van der Waals surface area contributed by atoms with Gasteiger partial charge in [0.25, 0.3) is 0 Å². The highest BCUT2D eigenvalue weighted by Crippen LogP contribution is 2.73. The molecule has 1 saturated heterocycles. The predicted octanol–water partition coefficient (Wildman–Crippen LogP) is 2.81. The molecule has 3 aliphatic heterocycles. The molecule has 3 aliphatic carbocycles. The number of nitrogens with zero attached hydrogens (tertiary/aromatic N) is 2. The summed E-state index contributed by atoms with van der Waals surface area (Å²) in [4.78, 5) is 17.9. The summed E-state index contributed by atoms with van der Waals surface area (Å²) in [5, 5.41) is 23.1. The Morgan fingerprint density at radius 2 is 2.12 bits per heavy atom. The van der Waals surface area contributed by atoms with Crippen molar-refractivity contribution < 1.29 is 19.7 Å². The molecule has 0 radical (unpaired) electrons. The van der Waals surface area contributed by atoms with Crippen LogP contribution in [0.5, 0.6) is 11.5 Å². The fourth-order valence-electron chi connectivity index (χ4n) is 8.65. The minimum atomic E-state index is -0.931. The molecule has 1 aromatic carbocycles. The Balaban J connectivity index is 1.33. The molecular formula is C27H32N2O4. The van der Waals surface area contributed by atoms with Crippen LogP contribution in [0.1, 0.15) is 49.7 Å².